The molecule has 1 aliphatic heterocycles. The molecule has 0 radical (unpaired) electrons. The summed E-state index contributed by atoms with van der Waals surface area (Å²) in [5, 5.41) is 3.01. The Hall–Kier alpha value is -2.67. The van der Waals surface area contributed by atoms with E-state index in [9.17, 15) is 4.79 Å². The predicted octanol–water partition coefficient (Wildman–Crippen LogP) is 4.97. The molecule has 7 heteroatoms. The first-order chi connectivity index (χ1) is 14.7. The average Bonchev–Trinajstić information content (AvgIpc) is 3.26. The van der Waals surface area contributed by atoms with Crippen molar-refractivity contribution in [1.82, 2.24) is 9.55 Å². The molecule has 0 saturated heterocycles. The topological polar surface area (TPSA) is 65.4 Å². The van der Waals surface area contributed by atoms with Gasteiger partial charge in [-0.15, -0.1) is 0 Å². The van der Waals surface area contributed by atoms with Gasteiger partial charge in [0.15, 0.2) is 11.5 Å². The van der Waals surface area contributed by atoms with Crippen LogP contribution in [0.2, 0.25) is 0 Å². The number of hydrogen-bond acceptors (Lipinski definition) is 5. The van der Waals surface area contributed by atoms with Gasteiger partial charge in [0.2, 0.25) is 5.91 Å². The third kappa shape index (κ3) is 3.62. The Bertz CT molecular complexity index is 1090. The molecule has 3 aromatic rings. The van der Waals surface area contributed by atoms with Gasteiger partial charge < -0.3 is 19.4 Å². The lowest BCUT2D eigenvalue weighted by atomic mass is 9.94. The van der Waals surface area contributed by atoms with E-state index in [2.05, 4.69) is 10.3 Å². The zero-order valence-electron chi connectivity index (χ0n) is 17.0. The summed E-state index contributed by atoms with van der Waals surface area (Å²) >= 11 is 1.69. The van der Waals surface area contributed by atoms with Gasteiger partial charge in [-0.05, 0) is 43.4 Å². The third-order valence-electron chi connectivity index (χ3n) is 5.74. The molecule has 2 aromatic carbocycles. The van der Waals surface area contributed by atoms with Gasteiger partial charge in [0.25, 0.3) is 5.79 Å². The van der Waals surface area contributed by atoms with Crippen molar-refractivity contribution in [3.63, 3.8) is 0 Å². The Kier molecular flexibility index (Phi) is 5.06. The van der Waals surface area contributed by atoms with Gasteiger partial charge in [-0.3, -0.25) is 4.79 Å². The molecule has 0 atom stereocenters. The first kappa shape index (κ1) is 19.3. The Morgan fingerprint density at radius 1 is 1.13 bits per heavy atom. The summed E-state index contributed by atoms with van der Waals surface area (Å²) in [6, 6.07) is 13.5. The summed E-state index contributed by atoms with van der Waals surface area (Å²) in [5.74, 6) is 2.54. The van der Waals surface area contributed by atoms with Crippen LogP contribution in [0.15, 0.2) is 42.5 Å². The van der Waals surface area contributed by atoms with Crippen LogP contribution in [0.4, 0.5) is 5.69 Å². The van der Waals surface area contributed by atoms with E-state index in [0.717, 1.165) is 54.0 Å². The zero-order chi connectivity index (χ0) is 20.6. The van der Waals surface area contributed by atoms with Crippen molar-refractivity contribution in [3.05, 3.63) is 48.3 Å². The van der Waals surface area contributed by atoms with Crippen LogP contribution in [0.1, 0.15) is 37.9 Å². The third-order valence-corrected chi connectivity index (χ3v) is 6.29. The van der Waals surface area contributed by atoms with E-state index in [4.69, 9.17) is 9.47 Å². The fourth-order valence-corrected chi connectivity index (χ4v) is 4.83. The summed E-state index contributed by atoms with van der Waals surface area (Å²) in [7, 11) is 0. The number of carbonyl (C=O) groups is 1. The SMILES string of the molecule is CSCc1nc2ccccc2n1CC(=O)Nc1ccc2c(c1)OC1(CCCCC1)O2. The highest BCUT2D eigenvalue weighted by atomic mass is 32.2. The number of para-hydroxylation sites is 2. The van der Waals surface area contributed by atoms with Gasteiger partial charge in [-0.25, -0.2) is 4.98 Å². The molecule has 1 fully saturated rings. The number of benzene rings is 2. The van der Waals surface area contributed by atoms with E-state index in [0.29, 0.717) is 11.4 Å². The Labute approximate surface area is 180 Å². The fourth-order valence-electron chi connectivity index (χ4n) is 4.35. The first-order valence-electron chi connectivity index (χ1n) is 10.4. The molecule has 1 aliphatic carbocycles. The smallest absolute Gasteiger partial charge is 0.251 e. The van der Waals surface area contributed by atoms with Crippen molar-refractivity contribution in [2.75, 3.05) is 11.6 Å². The van der Waals surface area contributed by atoms with Crippen LogP contribution in [0, 0.1) is 0 Å². The van der Waals surface area contributed by atoms with Gasteiger partial charge >= 0.3 is 0 Å². The van der Waals surface area contributed by atoms with Crippen molar-refractivity contribution >= 4 is 34.4 Å². The minimum atomic E-state index is -0.508. The standard InChI is InChI=1S/C23H25N3O3S/c1-30-15-21-25-17-7-3-4-8-18(17)26(21)14-22(27)24-16-9-10-19-20(13-16)29-23(28-19)11-5-2-6-12-23/h3-4,7-10,13H,2,5-6,11-12,14-15H2,1H3,(H,24,27). The van der Waals surface area contributed by atoms with Crippen LogP contribution in [0.5, 0.6) is 11.5 Å². The molecule has 2 aliphatic rings. The van der Waals surface area contributed by atoms with Crippen molar-refractivity contribution in [2.45, 2.75) is 50.2 Å². The maximum absolute atomic E-state index is 12.8. The molecule has 1 spiro atoms. The van der Waals surface area contributed by atoms with Gasteiger partial charge in [0.1, 0.15) is 12.4 Å². The van der Waals surface area contributed by atoms with E-state index in [1.54, 1.807) is 11.8 Å². The minimum Gasteiger partial charge on any atom is -0.448 e. The maximum Gasteiger partial charge on any atom is 0.251 e. The largest absolute Gasteiger partial charge is 0.448 e. The number of anilines is 1. The molecule has 2 heterocycles. The summed E-state index contributed by atoms with van der Waals surface area (Å²) in [4.78, 5) is 17.5. The molecule has 30 heavy (non-hydrogen) atoms. The van der Waals surface area contributed by atoms with Gasteiger partial charge in [-0.1, -0.05) is 18.6 Å². The number of nitrogens with zero attached hydrogens (tertiary/aromatic N) is 2. The van der Waals surface area contributed by atoms with E-state index < -0.39 is 5.79 Å². The quantitative estimate of drug-likeness (QED) is 0.628. The Morgan fingerprint density at radius 3 is 2.77 bits per heavy atom. The molecule has 6 nitrogen and oxygen atoms in total. The number of nitrogens with one attached hydrogen (secondary N) is 1. The molecule has 1 amide bonds. The molecular formula is C23H25N3O3S. The van der Waals surface area contributed by atoms with Crippen LogP contribution in [0.25, 0.3) is 11.0 Å². The first-order valence-corrected chi connectivity index (χ1v) is 11.8. The monoisotopic (exact) mass is 423 g/mol. The van der Waals surface area contributed by atoms with Crippen LogP contribution < -0.4 is 14.8 Å². The second kappa shape index (κ2) is 7.87. The summed E-state index contributed by atoms with van der Waals surface area (Å²) in [6.07, 6.45) is 7.33. The number of rotatable bonds is 5. The Balaban J connectivity index is 1.32. The van der Waals surface area contributed by atoms with Gasteiger partial charge in [0, 0.05) is 24.6 Å². The summed E-state index contributed by atoms with van der Waals surface area (Å²) in [6.45, 7) is 0.217. The normalized spacial score (nSPS) is 16.8. The van der Waals surface area contributed by atoms with E-state index in [-0.39, 0.29) is 12.5 Å². The van der Waals surface area contributed by atoms with E-state index in [1.165, 1.54) is 6.42 Å². The number of amides is 1. The number of hydrogen-bond donors (Lipinski definition) is 1. The van der Waals surface area contributed by atoms with Crippen molar-refractivity contribution in [3.8, 4) is 11.5 Å². The lowest BCUT2D eigenvalue weighted by Gasteiger charge is -2.31. The number of ether oxygens (including phenoxy) is 2. The Morgan fingerprint density at radius 2 is 1.93 bits per heavy atom. The van der Waals surface area contributed by atoms with Crippen molar-refractivity contribution in [1.29, 1.82) is 0 Å². The van der Waals surface area contributed by atoms with Gasteiger partial charge in [0.05, 0.1) is 16.8 Å². The average molecular weight is 424 g/mol. The summed E-state index contributed by atoms with van der Waals surface area (Å²) < 4.78 is 14.3. The second-order valence-electron chi connectivity index (χ2n) is 7.92. The highest BCUT2D eigenvalue weighted by Crippen LogP contribution is 2.46. The van der Waals surface area contributed by atoms with Crippen LogP contribution in [-0.4, -0.2) is 27.5 Å². The lowest BCUT2D eigenvalue weighted by molar-refractivity contribution is -0.116. The predicted molar refractivity (Wildman–Crippen MR) is 119 cm³/mol. The zero-order valence-corrected chi connectivity index (χ0v) is 17.8. The van der Waals surface area contributed by atoms with Gasteiger partial charge in [-0.2, -0.15) is 11.8 Å². The molecule has 1 N–H and O–H groups in total. The fraction of sp³-hybridized carbons (Fsp3) is 0.391. The molecule has 0 unspecified atom stereocenters. The minimum absolute atomic E-state index is 0.0910. The number of fused-ring (bicyclic) bond motifs is 2. The lowest BCUT2D eigenvalue weighted by Crippen LogP contribution is -2.40. The van der Waals surface area contributed by atoms with E-state index >= 15 is 0 Å². The summed E-state index contributed by atoms with van der Waals surface area (Å²) in [5.41, 5.74) is 2.60. The van der Waals surface area contributed by atoms with Crippen molar-refractivity contribution in [2.24, 2.45) is 0 Å². The van der Waals surface area contributed by atoms with Crippen LogP contribution in [-0.2, 0) is 17.1 Å². The highest BCUT2D eigenvalue weighted by molar-refractivity contribution is 7.97. The van der Waals surface area contributed by atoms with Crippen molar-refractivity contribution < 1.29 is 14.3 Å². The number of carbonyl (C=O) groups excluding carboxylic acids is 1. The molecule has 5 rings (SSSR count). The van der Waals surface area contributed by atoms with E-state index in [1.807, 2.05) is 53.3 Å². The van der Waals surface area contributed by atoms with Crippen LogP contribution >= 0.6 is 11.8 Å². The number of aromatic nitrogens is 2. The molecular weight excluding hydrogens is 398 g/mol. The molecule has 1 saturated carbocycles. The highest BCUT2D eigenvalue weighted by Gasteiger charge is 2.42. The molecule has 0 bridgehead atoms. The molecule has 156 valence electrons. The second-order valence-corrected chi connectivity index (χ2v) is 8.79. The molecule has 1 aromatic heterocycles. The number of thioether (sulfide) groups is 1. The maximum atomic E-state index is 12.8. The number of imidazole rings is 1. The van der Waals surface area contributed by atoms with Crippen LogP contribution in [0.3, 0.4) is 0 Å².